The van der Waals surface area contributed by atoms with E-state index < -0.39 is 5.97 Å². The second kappa shape index (κ2) is 5.01. The van der Waals surface area contributed by atoms with Crippen molar-refractivity contribution in [2.24, 2.45) is 0 Å². The molecule has 18 heavy (non-hydrogen) atoms. The Kier molecular flexibility index (Phi) is 3.43. The van der Waals surface area contributed by atoms with E-state index in [1.165, 1.54) is 13.3 Å². The van der Waals surface area contributed by atoms with E-state index in [-0.39, 0.29) is 11.4 Å². The van der Waals surface area contributed by atoms with Gasteiger partial charge in [0.2, 0.25) is 5.88 Å². The Bertz CT molecular complexity index is 584. The number of ether oxygens (including phenoxy) is 1. The summed E-state index contributed by atoms with van der Waals surface area (Å²) in [7, 11) is 1.36. The van der Waals surface area contributed by atoms with E-state index >= 15 is 0 Å². The number of carboxylic acids is 1. The van der Waals surface area contributed by atoms with Crippen molar-refractivity contribution in [3.05, 3.63) is 41.0 Å². The smallest absolute Gasteiger partial charge is 0.342 e. The molecule has 2 aromatic rings. The van der Waals surface area contributed by atoms with Crippen molar-refractivity contribution in [1.29, 1.82) is 0 Å². The molecular formula is C12H9ClN2O3. The molecule has 1 aromatic carbocycles. The van der Waals surface area contributed by atoms with Crippen LogP contribution in [-0.4, -0.2) is 28.2 Å². The number of hydrogen-bond donors (Lipinski definition) is 1. The lowest BCUT2D eigenvalue weighted by atomic mass is 10.2. The lowest BCUT2D eigenvalue weighted by molar-refractivity contribution is 0.0692. The van der Waals surface area contributed by atoms with Crippen molar-refractivity contribution in [2.45, 2.75) is 0 Å². The normalized spacial score (nSPS) is 10.1. The zero-order chi connectivity index (χ0) is 13.1. The molecule has 0 aliphatic carbocycles. The Labute approximate surface area is 108 Å². The van der Waals surface area contributed by atoms with Crippen molar-refractivity contribution >= 4 is 17.6 Å². The number of aromatic carboxylic acids is 1. The van der Waals surface area contributed by atoms with Crippen LogP contribution < -0.4 is 4.74 Å². The second-order valence-corrected chi connectivity index (χ2v) is 3.87. The topological polar surface area (TPSA) is 72.3 Å². The summed E-state index contributed by atoms with van der Waals surface area (Å²) in [5.41, 5.74) is 0.657. The highest BCUT2D eigenvalue weighted by atomic mass is 35.5. The number of nitrogens with zero attached hydrogens (tertiary/aromatic N) is 2. The van der Waals surface area contributed by atoms with E-state index in [0.29, 0.717) is 10.8 Å². The number of halogens is 1. The number of hydrogen-bond acceptors (Lipinski definition) is 4. The molecule has 0 aliphatic heterocycles. The summed E-state index contributed by atoms with van der Waals surface area (Å²) in [6, 6.07) is 6.91. The van der Waals surface area contributed by atoms with Gasteiger partial charge >= 0.3 is 5.97 Å². The Hall–Kier alpha value is -2.14. The van der Waals surface area contributed by atoms with Gasteiger partial charge in [0.05, 0.1) is 7.11 Å². The molecule has 1 N–H and O–H groups in total. The van der Waals surface area contributed by atoms with E-state index in [1.54, 1.807) is 24.3 Å². The minimum atomic E-state index is -1.13. The van der Waals surface area contributed by atoms with Gasteiger partial charge in [0.1, 0.15) is 5.56 Å². The molecule has 1 aromatic heterocycles. The maximum absolute atomic E-state index is 10.9. The first-order chi connectivity index (χ1) is 8.61. The monoisotopic (exact) mass is 264 g/mol. The number of carbonyl (C=O) groups is 1. The van der Waals surface area contributed by atoms with Gasteiger partial charge in [-0.05, 0) is 24.3 Å². The van der Waals surface area contributed by atoms with Crippen LogP contribution in [-0.2, 0) is 0 Å². The predicted octanol–water partition coefficient (Wildman–Crippen LogP) is 2.50. The summed E-state index contributed by atoms with van der Waals surface area (Å²) >= 11 is 5.78. The molecule has 0 unspecified atom stereocenters. The maximum Gasteiger partial charge on any atom is 0.342 e. The van der Waals surface area contributed by atoms with Gasteiger partial charge in [-0.25, -0.2) is 9.78 Å². The Morgan fingerprint density at radius 1 is 1.33 bits per heavy atom. The van der Waals surface area contributed by atoms with Crippen LogP contribution in [0.2, 0.25) is 5.02 Å². The molecule has 0 saturated carbocycles. The van der Waals surface area contributed by atoms with Crippen LogP contribution in [0.5, 0.6) is 5.88 Å². The van der Waals surface area contributed by atoms with Gasteiger partial charge in [-0.15, -0.1) is 0 Å². The van der Waals surface area contributed by atoms with Gasteiger partial charge in [-0.3, -0.25) is 0 Å². The average Bonchev–Trinajstić information content (AvgIpc) is 2.38. The first-order valence-corrected chi connectivity index (χ1v) is 5.40. The van der Waals surface area contributed by atoms with Crippen LogP contribution in [0.25, 0.3) is 11.4 Å². The highest BCUT2D eigenvalue weighted by Gasteiger charge is 2.14. The quantitative estimate of drug-likeness (QED) is 0.922. The number of carboxylic acid groups (broad SMARTS) is 1. The minimum Gasteiger partial charge on any atom is -0.480 e. The van der Waals surface area contributed by atoms with Gasteiger partial charge in [0.25, 0.3) is 0 Å². The van der Waals surface area contributed by atoms with E-state index in [0.717, 1.165) is 5.56 Å². The SMILES string of the molecule is COc1nc(-c2ccc(Cl)cc2)ncc1C(=O)O. The summed E-state index contributed by atoms with van der Waals surface area (Å²) < 4.78 is 4.93. The third-order valence-corrected chi connectivity index (χ3v) is 2.53. The fourth-order valence-corrected chi connectivity index (χ4v) is 1.53. The molecule has 6 heteroatoms. The van der Waals surface area contributed by atoms with Crippen LogP contribution >= 0.6 is 11.6 Å². The molecule has 1 heterocycles. The van der Waals surface area contributed by atoms with Crippen LogP contribution in [0.15, 0.2) is 30.5 Å². The van der Waals surface area contributed by atoms with Crippen LogP contribution in [0, 0.1) is 0 Å². The van der Waals surface area contributed by atoms with Crippen LogP contribution in [0.1, 0.15) is 10.4 Å². The van der Waals surface area contributed by atoms with E-state index in [1.807, 2.05) is 0 Å². The van der Waals surface area contributed by atoms with Gasteiger partial charge in [0, 0.05) is 16.8 Å². The number of rotatable bonds is 3. The van der Waals surface area contributed by atoms with E-state index in [4.69, 9.17) is 21.4 Å². The largest absolute Gasteiger partial charge is 0.480 e. The molecule has 0 fully saturated rings. The summed E-state index contributed by atoms with van der Waals surface area (Å²) in [5, 5.41) is 9.52. The second-order valence-electron chi connectivity index (χ2n) is 3.43. The molecule has 5 nitrogen and oxygen atoms in total. The summed E-state index contributed by atoms with van der Waals surface area (Å²) in [6.07, 6.45) is 1.22. The highest BCUT2D eigenvalue weighted by Crippen LogP contribution is 2.22. The average molecular weight is 265 g/mol. The summed E-state index contributed by atoms with van der Waals surface area (Å²) in [6.45, 7) is 0. The predicted molar refractivity (Wildman–Crippen MR) is 66.0 cm³/mol. The van der Waals surface area contributed by atoms with Crippen molar-refractivity contribution < 1.29 is 14.6 Å². The maximum atomic E-state index is 10.9. The van der Waals surface area contributed by atoms with E-state index in [9.17, 15) is 4.79 Å². The Morgan fingerprint density at radius 2 is 2.00 bits per heavy atom. The number of benzene rings is 1. The molecular weight excluding hydrogens is 256 g/mol. The highest BCUT2D eigenvalue weighted by molar-refractivity contribution is 6.30. The standard InChI is InChI=1S/C12H9ClN2O3/c1-18-11-9(12(16)17)6-14-10(15-11)7-2-4-8(13)5-3-7/h2-6H,1H3,(H,16,17). The summed E-state index contributed by atoms with van der Waals surface area (Å²) in [5.74, 6) is -0.717. The first kappa shape index (κ1) is 12.3. The Balaban J connectivity index is 2.47. The van der Waals surface area contributed by atoms with Crippen molar-refractivity contribution in [3.8, 4) is 17.3 Å². The summed E-state index contributed by atoms with van der Waals surface area (Å²) in [4.78, 5) is 18.9. The molecule has 0 amide bonds. The van der Waals surface area contributed by atoms with Crippen molar-refractivity contribution in [1.82, 2.24) is 9.97 Å². The number of methoxy groups -OCH3 is 1. The minimum absolute atomic E-state index is 0.0300. The lowest BCUT2D eigenvalue weighted by Crippen LogP contribution is -2.04. The third-order valence-electron chi connectivity index (χ3n) is 2.28. The molecule has 0 radical (unpaired) electrons. The molecule has 0 spiro atoms. The molecule has 92 valence electrons. The molecule has 0 atom stereocenters. The fourth-order valence-electron chi connectivity index (χ4n) is 1.41. The molecule has 0 bridgehead atoms. The molecule has 2 rings (SSSR count). The van der Waals surface area contributed by atoms with Crippen LogP contribution in [0.3, 0.4) is 0 Å². The molecule has 0 saturated heterocycles. The van der Waals surface area contributed by atoms with Gasteiger partial charge in [-0.1, -0.05) is 11.6 Å². The van der Waals surface area contributed by atoms with Crippen LogP contribution in [0.4, 0.5) is 0 Å². The third kappa shape index (κ3) is 2.41. The fraction of sp³-hybridized carbons (Fsp3) is 0.0833. The number of aromatic nitrogens is 2. The van der Waals surface area contributed by atoms with Crippen molar-refractivity contribution in [2.75, 3.05) is 7.11 Å². The zero-order valence-electron chi connectivity index (χ0n) is 9.42. The van der Waals surface area contributed by atoms with Gasteiger partial charge in [-0.2, -0.15) is 4.98 Å². The van der Waals surface area contributed by atoms with Gasteiger partial charge < -0.3 is 9.84 Å². The molecule has 0 aliphatic rings. The van der Waals surface area contributed by atoms with Crippen molar-refractivity contribution in [3.63, 3.8) is 0 Å². The first-order valence-electron chi connectivity index (χ1n) is 5.02. The zero-order valence-corrected chi connectivity index (χ0v) is 10.2. The van der Waals surface area contributed by atoms with Gasteiger partial charge in [0.15, 0.2) is 5.82 Å². The Morgan fingerprint density at radius 3 is 2.56 bits per heavy atom. The van der Waals surface area contributed by atoms with E-state index in [2.05, 4.69) is 9.97 Å². The lowest BCUT2D eigenvalue weighted by Gasteiger charge is -2.05.